The Kier molecular flexibility index (Phi) is 9.49. The Bertz CT molecular complexity index is 511. The standard InChI is InChI=1S/C18H31N5O/c1-5-19-18(20-11-6-7-14(2)3)21-12-10-17(24)23-16-9-8-15(4)13-22-16/h8-9,13-14H,5-7,10-12H2,1-4H3,(H2,19,20,21)(H,22,23,24). The summed E-state index contributed by atoms with van der Waals surface area (Å²) >= 11 is 0. The molecule has 0 aliphatic heterocycles. The Labute approximate surface area is 145 Å². The minimum absolute atomic E-state index is 0.0606. The van der Waals surface area contributed by atoms with Gasteiger partial charge in [-0.2, -0.15) is 0 Å². The highest BCUT2D eigenvalue weighted by Gasteiger charge is 2.04. The molecule has 0 aliphatic rings. The first-order chi connectivity index (χ1) is 11.5. The number of rotatable bonds is 9. The number of carbonyl (C=O) groups excluding carboxylic acids is 1. The van der Waals surface area contributed by atoms with E-state index in [1.54, 1.807) is 12.3 Å². The van der Waals surface area contributed by atoms with E-state index in [1.165, 1.54) is 6.42 Å². The number of aryl methyl sites for hydroxylation is 1. The summed E-state index contributed by atoms with van der Waals surface area (Å²) in [5.74, 6) is 1.99. The molecule has 0 aliphatic carbocycles. The van der Waals surface area contributed by atoms with Crippen LogP contribution >= 0.6 is 0 Å². The Morgan fingerprint density at radius 1 is 1.29 bits per heavy atom. The van der Waals surface area contributed by atoms with Gasteiger partial charge in [0, 0.05) is 32.3 Å². The number of guanidine groups is 1. The molecule has 0 aromatic carbocycles. The molecule has 6 nitrogen and oxygen atoms in total. The van der Waals surface area contributed by atoms with Crippen molar-refractivity contribution < 1.29 is 4.79 Å². The number of pyridine rings is 1. The Morgan fingerprint density at radius 3 is 2.71 bits per heavy atom. The van der Waals surface area contributed by atoms with Crippen molar-refractivity contribution in [3.05, 3.63) is 23.9 Å². The molecule has 0 saturated carbocycles. The summed E-state index contributed by atoms with van der Waals surface area (Å²) in [4.78, 5) is 20.6. The normalized spacial score (nSPS) is 11.5. The van der Waals surface area contributed by atoms with Crippen molar-refractivity contribution in [2.24, 2.45) is 10.9 Å². The number of nitrogens with zero attached hydrogens (tertiary/aromatic N) is 2. The molecule has 3 N–H and O–H groups in total. The number of anilines is 1. The summed E-state index contributed by atoms with van der Waals surface area (Å²) < 4.78 is 0. The molecule has 6 heteroatoms. The topological polar surface area (TPSA) is 78.4 Å². The maximum Gasteiger partial charge on any atom is 0.227 e. The van der Waals surface area contributed by atoms with Crippen LogP contribution in [0.2, 0.25) is 0 Å². The molecule has 1 rings (SSSR count). The predicted octanol–water partition coefficient (Wildman–Crippen LogP) is 2.71. The summed E-state index contributed by atoms with van der Waals surface area (Å²) in [5, 5.41) is 9.18. The average molecular weight is 333 g/mol. The number of aliphatic imine (C=N–C) groups is 1. The van der Waals surface area contributed by atoms with Crippen molar-refractivity contribution in [3.63, 3.8) is 0 Å². The summed E-state index contributed by atoms with van der Waals surface area (Å²) in [7, 11) is 0. The van der Waals surface area contributed by atoms with Crippen LogP contribution in [-0.4, -0.2) is 36.5 Å². The lowest BCUT2D eigenvalue weighted by Crippen LogP contribution is -2.38. The van der Waals surface area contributed by atoms with Gasteiger partial charge in [-0.15, -0.1) is 0 Å². The van der Waals surface area contributed by atoms with Gasteiger partial charge in [-0.1, -0.05) is 19.9 Å². The van der Waals surface area contributed by atoms with Crippen LogP contribution in [0.1, 0.15) is 45.6 Å². The molecule has 1 heterocycles. The first-order valence-corrected chi connectivity index (χ1v) is 8.76. The fraction of sp³-hybridized carbons (Fsp3) is 0.611. The summed E-state index contributed by atoms with van der Waals surface area (Å²) in [6, 6.07) is 3.73. The second kappa shape index (κ2) is 11.4. The maximum absolute atomic E-state index is 11.9. The first kappa shape index (κ1) is 19.9. The number of aromatic nitrogens is 1. The highest BCUT2D eigenvalue weighted by atomic mass is 16.1. The predicted molar refractivity (Wildman–Crippen MR) is 100 cm³/mol. The smallest absolute Gasteiger partial charge is 0.227 e. The zero-order valence-electron chi connectivity index (χ0n) is 15.4. The van der Waals surface area contributed by atoms with Crippen molar-refractivity contribution in [1.29, 1.82) is 0 Å². The second-order valence-corrected chi connectivity index (χ2v) is 6.24. The lowest BCUT2D eigenvalue weighted by Gasteiger charge is -2.11. The number of nitrogens with one attached hydrogen (secondary N) is 3. The van der Waals surface area contributed by atoms with Gasteiger partial charge in [0.1, 0.15) is 5.82 Å². The van der Waals surface area contributed by atoms with Gasteiger partial charge in [0.25, 0.3) is 0 Å². The number of hydrogen-bond donors (Lipinski definition) is 3. The summed E-state index contributed by atoms with van der Waals surface area (Å²) in [6.45, 7) is 10.6. The SMILES string of the molecule is CCNC(=NCCCC(C)C)NCCC(=O)Nc1ccc(C)cn1. The van der Waals surface area contributed by atoms with Gasteiger partial charge in [0.2, 0.25) is 5.91 Å². The fourth-order valence-electron chi connectivity index (χ4n) is 2.07. The minimum atomic E-state index is -0.0606. The van der Waals surface area contributed by atoms with Crippen LogP contribution in [0.15, 0.2) is 23.3 Å². The molecule has 0 radical (unpaired) electrons. The summed E-state index contributed by atoms with van der Waals surface area (Å²) in [6.07, 6.45) is 4.36. The summed E-state index contributed by atoms with van der Waals surface area (Å²) in [5.41, 5.74) is 1.07. The molecule has 1 aromatic rings. The maximum atomic E-state index is 11.9. The van der Waals surface area contributed by atoms with Gasteiger partial charge in [-0.3, -0.25) is 9.79 Å². The van der Waals surface area contributed by atoms with E-state index in [0.717, 1.165) is 31.0 Å². The van der Waals surface area contributed by atoms with Gasteiger partial charge < -0.3 is 16.0 Å². The zero-order valence-corrected chi connectivity index (χ0v) is 15.4. The van der Waals surface area contributed by atoms with E-state index in [4.69, 9.17) is 0 Å². The molecule has 0 spiro atoms. The highest BCUT2D eigenvalue weighted by molar-refractivity contribution is 5.90. The van der Waals surface area contributed by atoms with Crippen molar-refractivity contribution in [1.82, 2.24) is 15.6 Å². The largest absolute Gasteiger partial charge is 0.357 e. The van der Waals surface area contributed by atoms with Crippen LogP contribution in [0.5, 0.6) is 0 Å². The third-order valence-electron chi connectivity index (χ3n) is 3.38. The molecule has 0 bridgehead atoms. The van der Waals surface area contributed by atoms with Crippen LogP contribution in [0.25, 0.3) is 0 Å². The Morgan fingerprint density at radius 2 is 2.08 bits per heavy atom. The quantitative estimate of drug-likeness (QED) is 0.369. The minimum Gasteiger partial charge on any atom is -0.357 e. The van der Waals surface area contributed by atoms with Crippen molar-refractivity contribution in [2.45, 2.75) is 47.0 Å². The highest BCUT2D eigenvalue weighted by Crippen LogP contribution is 2.04. The van der Waals surface area contributed by atoms with E-state index in [2.05, 4.69) is 39.8 Å². The van der Waals surface area contributed by atoms with E-state index in [-0.39, 0.29) is 5.91 Å². The molecule has 0 atom stereocenters. The average Bonchev–Trinajstić information content (AvgIpc) is 2.53. The third-order valence-corrected chi connectivity index (χ3v) is 3.38. The zero-order chi connectivity index (χ0) is 17.8. The molecule has 0 unspecified atom stereocenters. The number of carbonyl (C=O) groups is 1. The molecular weight excluding hydrogens is 302 g/mol. The van der Waals surface area contributed by atoms with E-state index < -0.39 is 0 Å². The van der Waals surface area contributed by atoms with Gasteiger partial charge in [0.05, 0.1) is 0 Å². The Balaban J connectivity index is 2.31. The van der Waals surface area contributed by atoms with E-state index >= 15 is 0 Å². The van der Waals surface area contributed by atoms with Crippen LogP contribution in [0.3, 0.4) is 0 Å². The van der Waals surface area contributed by atoms with Crippen LogP contribution in [0.4, 0.5) is 5.82 Å². The van der Waals surface area contributed by atoms with Crippen LogP contribution in [-0.2, 0) is 4.79 Å². The second-order valence-electron chi connectivity index (χ2n) is 6.24. The molecule has 24 heavy (non-hydrogen) atoms. The van der Waals surface area contributed by atoms with E-state index in [0.29, 0.717) is 24.7 Å². The van der Waals surface area contributed by atoms with E-state index in [9.17, 15) is 4.79 Å². The van der Waals surface area contributed by atoms with Gasteiger partial charge in [-0.25, -0.2) is 4.98 Å². The number of hydrogen-bond acceptors (Lipinski definition) is 3. The molecule has 1 aromatic heterocycles. The lowest BCUT2D eigenvalue weighted by molar-refractivity contribution is -0.116. The molecule has 134 valence electrons. The van der Waals surface area contributed by atoms with Crippen LogP contribution < -0.4 is 16.0 Å². The van der Waals surface area contributed by atoms with E-state index in [1.807, 2.05) is 19.9 Å². The van der Waals surface area contributed by atoms with Crippen LogP contribution in [0, 0.1) is 12.8 Å². The molecular formula is C18H31N5O. The third kappa shape index (κ3) is 9.12. The monoisotopic (exact) mass is 333 g/mol. The van der Waals surface area contributed by atoms with Crippen molar-refractivity contribution in [3.8, 4) is 0 Å². The molecule has 1 amide bonds. The van der Waals surface area contributed by atoms with Crippen molar-refractivity contribution >= 4 is 17.7 Å². The van der Waals surface area contributed by atoms with Gasteiger partial charge in [0.15, 0.2) is 5.96 Å². The number of amides is 1. The van der Waals surface area contributed by atoms with Crippen molar-refractivity contribution in [2.75, 3.05) is 25.0 Å². The fourth-order valence-corrected chi connectivity index (χ4v) is 2.07. The Hall–Kier alpha value is -2.11. The van der Waals surface area contributed by atoms with Gasteiger partial charge in [-0.05, 0) is 44.2 Å². The first-order valence-electron chi connectivity index (χ1n) is 8.76. The lowest BCUT2D eigenvalue weighted by atomic mass is 10.1. The molecule has 0 saturated heterocycles. The van der Waals surface area contributed by atoms with Gasteiger partial charge >= 0.3 is 0 Å². The molecule has 0 fully saturated rings.